The third-order valence-corrected chi connectivity index (χ3v) is 5.51. The smallest absolute Gasteiger partial charge is 0.255 e. The molecule has 104 valence electrons. The van der Waals surface area contributed by atoms with Crippen LogP contribution in [0.3, 0.4) is 0 Å². The highest BCUT2D eigenvalue weighted by Crippen LogP contribution is 2.33. The van der Waals surface area contributed by atoms with Crippen LogP contribution in [-0.4, -0.2) is 34.6 Å². The van der Waals surface area contributed by atoms with Gasteiger partial charge in [0.15, 0.2) is 0 Å². The van der Waals surface area contributed by atoms with Gasteiger partial charge in [-0.15, -0.1) is 0 Å². The standard InChI is InChI=1S/C13H14Cl2INO2/c1-7(2)13(19)5-17(6-13)12(18)9-3-8(14)4-10(15)11(9)16/h3-4,7,19H,5-6H2,1-2H3. The second kappa shape index (κ2) is 5.39. The SMILES string of the molecule is CC(C)C1(O)CN(C(=O)c2cc(Cl)cc(Cl)c2I)C1. The highest BCUT2D eigenvalue weighted by Gasteiger charge is 2.46. The van der Waals surface area contributed by atoms with E-state index in [1.54, 1.807) is 17.0 Å². The van der Waals surface area contributed by atoms with Crippen LogP contribution in [-0.2, 0) is 0 Å². The van der Waals surface area contributed by atoms with Crippen LogP contribution in [0, 0.1) is 9.49 Å². The zero-order valence-corrected chi connectivity index (χ0v) is 14.3. The van der Waals surface area contributed by atoms with Crippen LogP contribution >= 0.6 is 45.8 Å². The van der Waals surface area contributed by atoms with E-state index in [4.69, 9.17) is 23.2 Å². The summed E-state index contributed by atoms with van der Waals surface area (Å²) < 4.78 is 0.689. The van der Waals surface area contributed by atoms with Gasteiger partial charge in [-0.2, -0.15) is 0 Å². The molecule has 1 heterocycles. The summed E-state index contributed by atoms with van der Waals surface area (Å²) in [6.07, 6.45) is 0. The molecule has 19 heavy (non-hydrogen) atoms. The Morgan fingerprint density at radius 3 is 2.53 bits per heavy atom. The van der Waals surface area contributed by atoms with Crippen molar-refractivity contribution < 1.29 is 9.90 Å². The molecular weight excluding hydrogens is 400 g/mol. The fraction of sp³-hybridized carbons (Fsp3) is 0.462. The molecule has 1 aromatic carbocycles. The zero-order chi connectivity index (χ0) is 14.4. The predicted molar refractivity (Wildman–Crippen MR) is 84.9 cm³/mol. The van der Waals surface area contributed by atoms with E-state index >= 15 is 0 Å². The summed E-state index contributed by atoms with van der Waals surface area (Å²) in [5, 5.41) is 11.1. The van der Waals surface area contributed by atoms with Gasteiger partial charge in [0.1, 0.15) is 5.60 Å². The molecule has 0 radical (unpaired) electrons. The van der Waals surface area contributed by atoms with Crippen LogP contribution < -0.4 is 0 Å². The van der Waals surface area contributed by atoms with E-state index < -0.39 is 5.60 Å². The maximum Gasteiger partial charge on any atom is 0.255 e. The van der Waals surface area contributed by atoms with Crippen LogP contribution in [0.5, 0.6) is 0 Å². The number of hydrogen-bond acceptors (Lipinski definition) is 2. The lowest BCUT2D eigenvalue weighted by Gasteiger charge is -2.49. The van der Waals surface area contributed by atoms with Crippen LogP contribution in [0.15, 0.2) is 12.1 Å². The predicted octanol–water partition coefficient (Wildman–Crippen LogP) is 3.44. The lowest BCUT2D eigenvalue weighted by molar-refractivity contribution is -0.110. The van der Waals surface area contributed by atoms with E-state index in [0.717, 1.165) is 0 Å². The minimum absolute atomic E-state index is 0.124. The van der Waals surface area contributed by atoms with Crippen molar-refractivity contribution in [2.24, 2.45) is 5.92 Å². The largest absolute Gasteiger partial charge is 0.386 e. The van der Waals surface area contributed by atoms with E-state index in [1.165, 1.54) is 0 Å². The first kappa shape index (κ1) is 15.4. The number of likely N-dealkylation sites (tertiary alicyclic amines) is 1. The van der Waals surface area contributed by atoms with Gasteiger partial charge in [-0.25, -0.2) is 0 Å². The molecule has 3 nitrogen and oxygen atoms in total. The van der Waals surface area contributed by atoms with Crippen LogP contribution in [0.4, 0.5) is 0 Å². The summed E-state index contributed by atoms with van der Waals surface area (Å²) in [6, 6.07) is 3.23. The molecule has 0 aromatic heterocycles. The van der Waals surface area contributed by atoms with Crippen molar-refractivity contribution >= 4 is 51.7 Å². The molecule has 0 aliphatic carbocycles. The van der Waals surface area contributed by atoms with Gasteiger partial charge >= 0.3 is 0 Å². The second-order valence-corrected chi connectivity index (χ2v) is 7.09. The maximum atomic E-state index is 12.4. The maximum absolute atomic E-state index is 12.4. The molecule has 1 aliphatic rings. The molecular formula is C13H14Cl2INO2. The van der Waals surface area contributed by atoms with Crippen molar-refractivity contribution in [1.82, 2.24) is 4.90 Å². The molecule has 0 bridgehead atoms. The van der Waals surface area contributed by atoms with Gasteiger partial charge in [0, 0.05) is 8.59 Å². The topological polar surface area (TPSA) is 40.5 Å². The van der Waals surface area contributed by atoms with E-state index in [2.05, 4.69) is 0 Å². The van der Waals surface area contributed by atoms with Crippen molar-refractivity contribution in [2.75, 3.05) is 13.1 Å². The van der Waals surface area contributed by atoms with Crippen LogP contribution in [0.2, 0.25) is 10.0 Å². The minimum Gasteiger partial charge on any atom is -0.386 e. The first-order valence-corrected chi connectivity index (χ1v) is 7.74. The lowest BCUT2D eigenvalue weighted by Crippen LogP contribution is -2.66. The average molecular weight is 414 g/mol. The first-order valence-electron chi connectivity index (χ1n) is 5.91. The van der Waals surface area contributed by atoms with Crippen LogP contribution in [0.1, 0.15) is 24.2 Å². The Bertz CT molecular complexity index is 528. The first-order chi connectivity index (χ1) is 8.74. The van der Waals surface area contributed by atoms with Crippen molar-refractivity contribution in [2.45, 2.75) is 19.4 Å². The molecule has 0 atom stereocenters. The molecule has 0 saturated carbocycles. The number of nitrogens with zero attached hydrogens (tertiary/aromatic N) is 1. The number of carbonyl (C=O) groups excluding carboxylic acids is 1. The molecule has 6 heteroatoms. The van der Waals surface area contributed by atoms with E-state index in [9.17, 15) is 9.90 Å². The van der Waals surface area contributed by atoms with Gasteiger partial charge in [-0.1, -0.05) is 37.0 Å². The fourth-order valence-corrected chi connectivity index (χ4v) is 3.04. The monoisotopic (exact) mass is 413 g/mol. The van der Waals surface area contributed by atoms with E-state index in [1.807, 2.05) is 36.4 Å². The molecule has 2 rings (SSSR count). The fourth-order valence-electron chi connectivity index (χ4n) is 2.01. The third kappa shape index (κ3) is 2.86. The Kier molecular flexibility index (Phi) is 4.35. The Morgan fingerprint density at radius 2 is 2.00 bits per heavy atom. The molecule has 1 saturated heterocycles. The van der Waals surface area contributed by atoms with Gasteiger partial charge in [0.05, 0.1) is 23.7 Å². The van der Waals surface area contributed by atoms with Gasteiger partial charge < -0.3 is 10.0 Å². The number of hydrogen-bond donors (Lipinski definition) is 1. The summed E-state index contributed by atoms with van der Waals surface area (Å²) in [7, 11) is 0. The number of rotatable bonds is 2. The summed E-state index contributed by atoms with van der Waals surface area (Å²) in [6.45, 7) is 4.59. The molecule has 1 aromatic rings. The molecule has 0 spiro atoms. The van der Waals surface area contributed by atoms with Crippen molar-refractivity contribution in [3.63, 3.8) is 0 Å². The number of amides is 1. The van der Waals surface area contributed by atoms with E-state index in [0.29, 0.717) is 32.3 Å². The van der Waals surface area contributed by atoms with Gasteiger partial charge in [-0.3, -0.25) is 4.79 Å². The average Bonchev–Trinajstić information content (AvgIpc) is 2.28. The van der Waals surface area contributed by atoms with E-state index in [-0.39, 0.29) is 11.8 Å². The number of benzene rings is 1. The Labute approximate surface area is 136 Å². The van der Waals surface area contributed by atoms with Crippen molar-refractivity contribution in [1.29, 1.82) is 0 Å². The molecule has 1 amide bonds. The Balaban J connectivity index is 2.19. The Morgan fingerprint density at radius 1 is 1.42 bits per heavy atom. The normalized spacial score (nSPS) is 17.5. The number of carbonyl (C=O) groups is 1. The third-order valence-electron chi connectivity index (χ3n) is 3.51. The minimum atomic E-state index is -0.774. The molecule has 1 N–H and O–H groups in total. The molecule has 0 unspecified atom stereocenters. The summed E-state index contributed by atoms with van der Waals surface area (Å²) in [5.74, 6) is -0.0160. The summed E-state index contributed by atoms with van der Waals surface area (Å²) in [5.41, 5.74) is -0.285. The highest BCUT2D eigenvalue weighted by atomic mass is 127. The van der Waals surface area contributed by atoms with Gasteiger partial charge in [0.2, 0.25) is 0 Å². The van der Waals surface area contributed by atoms with Crippen molar-refractivity contribution in [3.05, 3.63) is 31.3 Å². The Hall–Kier alpha value is -0.0400. The van der Waals surface area contributed by atoms with Gasteiger partial charge in [0.25, 0.3) is 5.91 Å². The molecule has 1 fully saturated rings. The summed E-state index contributed by atoms with van der Waals surface area (Å²) in [4.78, 5) is 14.0. The van der Waals surface area contributed by atoms with Crippen molar-refractivity contribution in [3.8, 4) is 0 Å². The highest BCUT2D eigenvalue weighted by molar-refractivity contribution is 14.1. The second-order valence-electron chi connectivity index (χ2n) is 5.17. The summed E-state index contributed by atoms with van der Waals surface area (Å²) >= 11 is 14.0. The quantitative estimate of drug-likeness (QED) is 0.595. The lowest BCUT2D eigenvalue weighted by atomic mass is 9.82. The zero-order valence-electron chi connectivity index (χ0n) is 10.6. The van der Waals surface area contributed by atoms with Gasteiger partial charge in [-0.05, 0) is 40.6 Å². The van der Waals surface area contributed by atoms with Crippen LogP contribution in [0.25, 0.3) is 0 Å². The number of halogens is 3. The number of aliphatic hydroxyl groups is 1. The number of β-amino-alcohol motifs (C(OH)–C–C–N with tert-alkyl or cyclic N) is 1. The molecule has 1 aliphatic heterocycles.